The van der Waals surface area contributed by atoms with Gasteiger partial charge in [0.05, 0.1) is 35.1 Å². The molecule has 9 heteroatoms. The van der Waals surface area contributed by atoms with Gasteiger partial charge in [-0.05, 0) is 62.1 Å². The number of carbonyl (C=O) groups excluding carboxylic acids is 1. The van der Waals surface area contributed by atoms with Crippen LogP contribution in [0.5, 0.6) is 0 Å². The van der Waals surface area contributed by atoms with Gasteiger partial charge in [-0.1, -0.05) is 23.7 Å². The van der Waals surface area contributed by atoms with E-state index in [-0.39, 0.29) is 11.8 Å². The van der Waals surface area contributed by atoms with Crippen molar-refractivity contribution in [2.45, 2.75) is 32.6 Å². The van der Waals surface area contributed by atoms with E-state index in [1.165, 1.54) is 0 Å². The Labute approximate surface area is 186 Å². The van der Waals surface area contributed by atoms with Crippen LogP contribution in [0.25, 0.3) is 5.69 Å². The fourth-order valence-corrected chi connectivity index (χ4v) is 4.20. The van der Waals surface area contributed by atoms with Gasteiger partial charge in [0.25, 0.3) is 5.91 Å². The minimum atomic E-state index is -3.43. The van der Waals surface area contributed by atoms with Crippen LogP contribution in [0.3, 0.4) is 0 Å². The van der Waals surface area contributed by atoms with E-state index in [1.807, 2.05) is 25.1 Å². The van der Waals surface area contributed by atoms with Crippen molar-refractivity contribution in [3.63, 3.8) is 0 Å². The summed E-state index contributed by atoms with van der Waals surface area (Å²) in [4.78, 5) is 13.1. The Bertz CT molecular complexity index is 1280. The standard InChI is InChI=1S/C22H23ClN4O3S/c1-13-5-9-17(11-19(13)23)27-21(15-6-7-15)18(12-24-27)22(28)25-16-8-4-14(2)20(10-16)26-31(3,29)30/h4-5,8-12,15,26H,6-7H2,1-3H3,(H,25,28). The van der Waals surface area contributed by atoms with Crippen LogP contribution in [0.15, 0.2) is 42.6 Å². The number of carbonyl (C=O) groups is 1. The molecule has 2 aromatic carbocycles. The number of aryl methyl sites for hydroxylation is 2. The summed E-state index contributed by atoms with van der Waals surface area (Å²) in [5.41, 5.74) is 4.82. The van der Waals surface area contributed by atoms with E-state index in [4.69, 9.17) is 11.6 Å². The molecule has 7 nitrogen and oxygen atoms in total. The molecule has 2 N–H and O–H groups in total. The molecule has 1 heterocycles. The van der Waals surface area contributed by atoms with Crippen molar-refractivity contribution in [1.29, 1.82) is 0 Å². The highest BCUT2D eigenvalue weighted by Crippen LogP contribution is 2.43. The highest BCUT2D eigenvalue weighted by molar-refractivity contribution is 7.92. The molecule has 162 valence electrons. The number of halogens is 1. The first kappa shape index (κ1) is 21.4. The van der Waals surface area contributed by atoms with Crippen molar-refractivity contribution < 1.29 is 13.2 Å². The lowest BCUT2D eigenvalue weighted by molar-refractivity contribution is 0.102. The number of sulfonamides is 1. The van der Waals surface area contributed by atoms with E-state index in [2.05, 4.69) is 15.1 Å². The van der Waals surface area contributed by atoms with Gasteiger partial charge in [0.2, 0.25) is 10.0 Å². The van der Waals surface area contributed by atoms with Gasteiger partial charge in [-0.25, -0.2) is 13.1 Å². The van der Waals surface area contributed by atoms with Crippen molar-refractivity contribution in [1.82, 2.24) is 9.78 Å². The molecular formula is C22H23ClN4O3S. The summed E-state index contributed by atoms with van der Waals surface area (Å²) in [5, 5.41) is 7.98. The van der Waals surface area contributed by atoms with Gasteiger partial charge in [-0.15, -0.1) is 0 Å². The Kier molecular flexibility index (Phi) is 5.53. The minimum Gasteiger partial charge on any atom is -0.322 e. The average Bonchev–Trinajstić information content (AvgIpc) is 3.43. The molecule has 0 saturated heterocycles. The van der Waals surface area contributed by atoms with Gasteiger partial charge >= 0.3 is 0 Å². The van der Waals surface area contributed by atoms with Crippen LogP contribution in [-0.2, 0) is 10.0 Å². The molecule has 1 aliphatic carbocycles. The zero-order valence-electron chi connectivity index (χ0n) is 17.4. The topological polar surface area (TPSA) is 93.1 Å². The number of rotatable bonds is 6. The van der Waals surface area contributed by atoms with Crippen molar-refractivity contribution >= 4 is 38.9 Å². The number of amides is 1. The summed E-state index contributed by atoms with van der Waals surface area (Å²) in [6.45, 7) is 3.73. The molecule has 1 aliphatic rings. The van der Waals surface area contributed by atoms with Crippen LogP contribution < -0.4 is 10.0 Å². The second kappa shape index (κ2) is 8.01. The van der Waals surface area contributed by atoms with Crippen LogP contribution in [0.4, 0.5) is 11.4 Å². The van der Waals surface area contributed by atoms with E-state index >= 15 is 0 Å². The number of hydrogen-bond acceptors (Lipinski definition) is 4. The number of nitrogens with one attached hydrogen (secondary N) is 2. The summed E-state index contributed by atoms with van der Waals surface area (Å²) >= 11 is 6.29. The van der Waals surface area contributed by atoms with Gasteiger partial charge in [-0.3, -0.25) is 9.52 Å². The lowest BCUT2D eigenvalue weighted by Gasteiger charge is -2.12. The van der Waals surface area contributed by atoms with E-state index in [0.29, 0.717) is 22.0 Å². The van der Waals surface area contributed by atoms with Crippen LogP contribution in [0, 0.1) is 13.8 Å². The molecule has 1 amide bonds. The number of nitrogens with zero attached hydrogens (tertiary/aromatic N) is 2. The van der Waals surface area contributed by atoms with Gasteiger partial charge < -0.3 is 5.32 Å². The Morgan fingerprint density at radius 1 is 1.13 bits per heavy atom. The fraction of sp³-hybridized carbons (Fsp3) is 0.273. The van der Waals surface area contributed by atoms with Crippen LogP contribution in [0.1, 0.15) is 45.9 Å². The normalized spacial score (nSPS) is 13.8. The molecule has 1 aromatic heterocycles. The Balaban J connectivity index is 1.65. The van der Waals surface area contributed by atoms with Crippen molar-refractivity contribution in [2.24, 2.45) is 0 Å². The maximum Gasteiger partial charge on any atom is 0.259 e. The molecule has 4 rings (SSSR count). The highest BCUT2D eigenvalue weighted by atomic mass is 35.5. The molecule has 3 aromatic rings. The first-order valence-corrected chi connectivity index (χ1v) is 12.1. The average molecular weight is 459 g/mol. The van der Waals surface area contributed by atoms with Crippen molar-refractivity contribution in [3.8, 4) is 5.69 Å². The van der Waals surface area contributed by atoms with Crippen molar-refractivity contribution in [2.75, 3.05) is 16.3 Å². The van der Waals surface area contributed by atoms with Crippen LogP contribution in [-0.4, -0.2) is 30.4 Å². The summed E-state index contributed by atoms with van der Waals surface area (Å²) in [5.74, 6) is -0.0238. The van der Waals surface area contributed by atoms with Crippen molar-refractivity contribution in [3.05, 3.63) is 70.0 Å². The molecule has 1 saturated carbocycles. The van der Waals surface area contributed by atoms with Gasteiger partial charge in [0.15, 0.2) is 0 Å². The number of benzene rings is 2. The van der Waals surface area contributed by atoms with E-state index < -0.39 is 10.0 Å². The largest absolute Gasteiger partial charge is 0.322 e. The van der Waals surface area contributed by atoms with Crippen LogP contribution >= 0.6 is 11.6 Å². The SMILES string of the molecule is Cc1ccc(-n2ncc(C(=O)Nc3ccc(C)c(NS(C)(=O)=O)c3)c2C2CC2)cc1Cl. The smallest absolute Gasteiger partial charge is 0.259 e. The molecule has 0 atom stereocenters. The summed E-state index contributed by atoms with van der Waals surface area (Å²) in [7, 11) is -3.43. The monoisotopic (exact) mass is 458 g/mol. The first-order valence-electron chi connectivity index (χ1n) is 9.86. The number of anilines is 2. The maximum absolute atomic E-state index is 13.1. The Morgan fingerprint density at radius 3 is 2.48 bits per heavy atom. The highest BCUT2D eigenvalue weighted by Gasteiger charge is 2.33. The number of hydrogen-bond donors (Lipinski definition) is 2. The third-order valence-electron chi connectivity index (χ3n) is 5.21. The first-order chi connectivity index (χ1) is 14.6. The van der Waals surface area contributed by atoms with E-state index in [1.54, 1.807) is 36.0 Å². The zero-order valence-corrected chi connectivity index (χ0v) is 19.0. The minimum absolute atomic E-state index is 0.267. The van der Waals surface area contributed by atoms with E-state index in [9.17, 15) is 13.2 Å². The third kappa shape index (κ3) is 4.75. The molecule has 0 spiro atoms. The summed E-state index contributed by atoms with van der Waals surface area (Å²) in [6.07, 6.45) is 4.66. The van der Waals surface area contributed by atoms with Gasteiger partial charge in [0.1, 0.15) is 0 Å². The van der Waals surface area contributed by atoms with Crippen LogP contribution in [0.2, 0.25) is 5.02 Å². The zero-order chi connectivity index (χ0) is 22.3. The van der Waals surface area contributed by atoms with Gasteiger partial charge in [-0.2, -0.15) is 5.10 Å². The van der Waals surface area contributed by atoms with E-state index in [0.717, 1.165) is 41.6 Å². The summed E-state index contributed by atoms with van der Waals surface area (Å²) < 4.78 is 27.4. The molecule has 0 aliphatic heterocycles. The third-order valence-corrected chi connectivity index (χ3v) is 6.20. The maximum atomic E-state index is 13.1. The second-order valence-corrected chi connectivity index (χ2v) is 10.1. The second-order valence-electron chi connectivity index (χ2n) is 7.92. The molecule has 31 heavy (non-hydrogen) atoms. The molecule has 0 bridgehead atoms. The molecule has 1 fully saturated rings. The molecule has 0 radical (unpaired) electrons. The predicted molar refractivity (Wildman–Crippen MR) is 123 cm³/mol. The summed E-state index contributed by atoms with van der Waals surface area (Å²) in [6, 6.07) is 10.8. The quantitative estimate of drug-likeness (QED) is 0.562. The van der Waals surface area contributed by atoms with Gasteiger partial charge in [0, 0.05) is 16.6 Å². The molecule has 0 unspecified atom stereocenters. The molecular weight excluding hydrogens is 436 g/mol. The fourth-order valence-electron chi connectivity index (χ4n) is 3.41. The lowest BCUT2D eigenvalue weighted by atomic mass is 10.1. The Morgan fingerprint density at radius 2 is 1.84 bits per heavy atom. The predicted octanol–water partition coefficient (Wildman–Crippen LogP) is 4.64. The lowest BCUT2D eigenvalue weighted by Crippen LogP contribution is -2.15. The number of aromatic nitrogens is 2. The Hall–Kier alpha value is -2.84.